The lowest BCUT2D eigenvalue weighted by molar-refractivity contribution is 0.0690. The molecule has 0 spiro atoms. The van der Waals surface area contributed by atoms with Crippen LogP contribution in [0.3, 0.4) is 0 Å². The second kappa shape index (κ2) is 7.30. The summed E-state index contributed by atoms with van der Waals surface area (Å²) in [6.45, 7) is 7.82. The molecule has 2 heterocycles. The van der Waals surface area contributed by atoms with Crippen LogP contribution in [0.25, 0.3) is 5.69 Å². The van der Waals surface area contributed by atoms with Crippen LogP contribution in [0.15, 0.2) is 36.8 Å². The number of carboxylic acid groups (broad SMARTS) is 1. The second-order valence-corrected chi connectivity index (χ2v) is 7.45. The van der Waals surface area contributed by atoms with E-state index in [1.54, 1.807) is 19.5 Å². The fourth-order valence-electron chi connectivity index (χ4n) is 2.65. The first-order chi connectivity index (χ1) is 13.2. The molecule has 0 amide bonds. The van der Waals surface area contributed by atoms with Gasteiger partial charge in [-0.25, -0.2) is 19.7 Å². The number of rotatable bonds is 5. The number of aromatic nitrogens is 4. The zero-order valence-corrected chi connectivity index (χ0v) is 16.5. The van der Waals surface area contributed by atoms with Gasteiger partial charge in [0, 0.05) is 23.4 Å². The summed E-state index contributed by atoms with van der Waals surface area (Å²) in [7, 11) is 1.59. The maximum Gasteiger partial charge on any atom is 0.354 e. The molecule has 0 saturated carbocycles. The number of carbonyl (C=O) groups is 1. The molecule has 1 aromatic carbocycles. The van der Waals surface area contributed by atoms with E-state index in [-0.39, 0.29) is 17.1 Å². The highest BCUT2D eigenvalue weighted by Crippen LogP contribution is 2.29. The Labute approximate surface area is 163 Å². The average Bonchev–Trinajstić information content (AvgIpc) is 3.06. The molecule has 0 aliphatic carbocycles. The number of anilines is 2. The number of hydrogen-bond acceptors (Lipinski definition) is 6. The molecular formula is C20H23N5O3. The van der Waals surface area contributed by atoms with Crippen molar-refractivity contribution in [3.63, 3.8) is 0 Å². The molecule has 146 valence electrons. The van der Waals surface area contributed by atoms with Crippen LogP contribution in [0.2, 0.25) is 0 Å². The van der Waals surface area contributed by atoms with Gasteiger partial charge in [0.1, 0.15) is 5.75 Å². The molecule has 2 N–H and O–H groups in total. The number of ether oxygens (including phenoxy) is 1. The van der Waals surface area contributed by atoms with Crippen LogP contribution in [-0.2, 0) is 5.41 Å². The first-order valence-corrected chi connectivity index (χ1v) is 8.76. The molecule has 0 bridgehead atoms. The molecule has 0 aliphatic rings. The summed E-state index contributed by atoms with van der Waals surface area (Å²) in [6, 6.07) is 7.03. The van der Waals surface area contributed by atoms with Gasteiger partial charge in [0.15, 0.2) is 5.69 Å². The Morgan fingerprint density at radius 1 is 1.21 bits per heavy atom. The summed E-state index contributed by atoms with van der Waals surface area (Å²) in [4.78, 5) is 24.3. The Morgan fingerprint density at radius 3 is 2.54 bits per heavy atom. The van der Waals surface area contributed by atoms with Crippen LogP contribution >= 0.6 is 0 Å². The van der Waals surface area contributed by atoms with Crippen molar-refractivity contribution in [3.8, 4) is 11.4 Å². The summed E-state index contributed by atoms with van der Waals surface area (Å²) < 4.78 is 7.38. The lowest BCUT2D eigenvalue weighted by atomic mass is 9.91. The van der Waals surface area contributed by atoms with Gasteiger partial charge in [-0.2, -0.15) is 0 Å². The maximum absolute atomic E-state index is 11.4. The molecule has 3 rings (SSSR count). The van der Waals surface area contributed by atoms with Crippen LogP contribution in [0.5, 0.6) is 5.75 Å². The van der Waals surface area contributed by atoms with Crippen molar-refractivity contribution in [2.45, 2.75) is 33.1 Å². The quantitative estimate of drug-likeness (QED) is 0.694. The molecule has 8 heteroatoms. The largest absolute Gasteiger partial charge is 0.494 e. The highest BCUT2D eigenvalue weighted by molar-refractivity contribution is 5.86. The third kappa shape index (κ3) is 4.11. The summed E-state index contributed by atoms with van der Waals surface area (Å²) in [5, 5.41) is 12.4. The lowest BCUT2D eigenvalue weighted by Gasteiger charge is -2.19. The lowest BCUT2D eigenvalue weighted by Crippen LogP contribution is -2.17. The molecule has 3 aromatic rings. The van der Waals surface area contributed by atoms with Crippen LogP contribution in [0, 0.1) is 6.92 Å². The van der Waals surface area contributed by atoms with E-state index in [0.29, 0.717) is 17.1 Å². The molecule has 8 nitrogen and oxygen atoms in total. The third-order valence-electron chi connectivity index (χ3n) is 4.14. The predicted octanol–water partition coefficient (Wildman–Crippen LogP) is 3.72. The zero-order chi connectivity index (χ0) is 20.5. The normalized spacial score (nSPS) is 11.3. The minimum absolute atomic E-state index is 0.0556. The Bertz CT molecular complexity index is 1020. The molecule has 2 aromatic heterocycles. The Kier molecular flexibility index (Phi) is 5.04. The summed E-state index contributed by atoms with van der Waals surface area (Å²) in [5.74, 6) is -0.245. The first-order valence-electron chi connectivity index (χ1n) is 8.76. The topological polar surface area (TPSA) is 102 Å². The number of aryl methyl sites for hydroxylation is 1. The van der Waals surface area contributed by atoms with Gasteiger partial charge < -0.3 is 19.7 Å². The summed E-state index contributed by atoms with van der Waals surface area (Å²) >= 11 is 0. The fourth-order valence-corrected chi connectivity index (χ4v) is 2.65. The number of aromatic carboxylic acids is 1. The summed E-state index contributed by atoms with van der Waals surface area (Å²) in [5.41, 5.74) is 2.69. The van der Waals surface area contributed by atoms with Gasteiger partial charge in [-0.15, -0.1) is 0 Å². The number of hydrogen-bond donors (Lipinski definition) is 2. The number of nitrogens with zero attached hydrogens (tertiary/aromatic N) is 4. The molecule has 0 radical (unpaired) electrons. The molecular weight excluding hydrogens is 358 g/mol. The van der Waals surface area contributed by atoms with Gasteiger partial charge >= 0.3 is 5.97 Å². The van der Waals surface area contributed by atoms with Gasteiger partial charge in [0.2, 0.25) is 5.95 Å². The van der Waals surface area contributed by atoms with Crippen molar-refractivity contribution in [1.29, 1.82) is 0 Å². The molecule has 0 atom stereocenters. The SMILES string of the molecule is COc1cc(Nc2nc(C(=O)O)cc(C(C)(C)C)n2)ccc1-n1cnc(C)c1. The standard InChI is InChI=1S/C20H23N5O3/c1-12-10-25(11-21-12)15-7-6-13(8-16(15)28-5)22-19-23-14(18(26)27)9-17(24-19)20(2,3)4/h6-11H,1-5H3,(H,26,27)(H,22,23,24). The number of benzene rings is 1. The third-order valence-corrected chi connectivity index (χ3v) is 4.14. The van der Waals surface area contributed by atoms with E-state index >= 15 is 0 Å². The van der Waals surface area contributed by atoms with Gasteiger partial charge in [0.25, 0.3) is 0 Å². The van der Waals surface area contributed by atoms with Crippen molar-refractivity contribution in [2.24, 2.45) is 0 Å². The van der Waals surface area contributed by atoms with E-state index < -0.39 is 5.97 Å². The minimum atomic E-state index is -1.10. The molecule has 0 saturated heterocycles. The van der Waals surface area contributed by atoms with Gasteiger partial charge in [-0.1, -0.05) is 20.8 Å². The first kappa shape index (κ1) is 19.3. The Hall–Kier alpha value is -3.42. The average molecular weight is 381 g/mol. The Morgan fingerprint density at radius 2 is 1.96 bits per heavy atom. The minimum Gasteiger partial charge on any atom is -0.494 e. The van der Waals surface area contributed by atoms with E-state index in [2.05, 4.69) is 20.3 Å². The van der Waals surface area contributed by atoms with Crippen LogP contribution in [0.4, 0.5) is 11.6 Å². The van der Waals surface area contributed by atoms with E-state index in [0.717, 1.165) is 11.4 Å². The van der Waals surface area contributed by atoms with Crippen molar-refractivity contribution in [3.05, 3.63) is 53.9 Å². The molecule has 28 heavy (non-hydrogen) atoms. The van der Waals surface area contributed by atoms with Crippen molar-refractivity contribution in [2.75, 3.05) is 12.4 Å². The molecule has 0 aliphatic heterocycles. The van der Waals surface area contributed by atoms with Crippen molar-refractivity contribution >= 4 is 17.6 Å². The van der Waals surface area contributed by atoms with Gasteiger partial charge in [-0.3, -0.25) is 0 Å². The van der Waals surface area contributed by atoms with Gasteiger partial charge in [0.05, 0.1) is 30.5 Å². The smallest absolute Gasteiger partial charge is 0.354 e. The van der Waals surface area contributed by atoms with E-state index in [9.17, 15) is 9.90 Å². The van der Waals surface area contributed by atoms with Gasteiger partial charge in [-0.05, 0) is 25.1 Å². The van der Waals surface area contributed by atoms with E-state index in [4.69, 9.17) is 4.74 Å². The number of imidazole rings is 1. The fraction of sp³-hybridized carbons (Fsp3) is 0.300. The van der Waals surface area contributed by atoms with E-state index in [1.165, 1.54) is 6.07 Å². The zero-order valence-electron chi connectivity index (χ0n) is 16.5. The highest BCUT2D eigenvalue weighted by Gasteiger charge is 2.20. The predicted molar refractivity (Wildman–Crippen MR) is 106 cm³/mol. The monoisotopic (exact) mass is 381 g/mol. The van der Waals surface area contributed by atoms with Crippen LogP contribution in [0.1, 0.15) is 42.6 Å². The maximum atomic E-state index is 11.4. The molecule has 0 unspecified atom stereocenters. The van der Waals surface area contributed by atoms with Crippen molar-refractivity contribution < 1.29 is 14.6 Å². The highest BCUT2D eigenvalue weighted by atomic mass is 16.5. The van der Waals surface area contributed by atoms with Crippen LogP contribution in [-0.4, -0.2) is 37.7 Å². The van der Waals surface area contributed by atoms with Crippen molar-refractivity contribution in [1.82, 2.24) is 19.5 Å². The van der Waals surface area contributed by atoms with Crippen LogP contribution < -0.4 is 10.1 Å². The number of carboxylic acids is 1. The molecule has 0 fully saturated rings. The number of methoxy groups -OCH3 is 1. The summed E-state index contributed by atoms with van der Waals surface area (Å²) in [6.07, 6.45) is 3.62. The van der Waals surface area contributed by atoms with E-state index in [1.807, 2.05) is 50.6 Å². The Balaban J connectivity index is 1.97. The number of nitrogens with one attached hydrogen (secondary N) is 1. The second-order valence-electron chi connectivity index (χ2n) is 7.45.